The van der Waals surface area contributed by atoms with Gasteiger partial charge < -0.3 is 10.4 Å². The molecule has 0 spiro atoms. The first-order chi connectivity index (χ1) is 7.13. The second kappa shape index (κ2) is 6.49. The lowest BCUT2D eigenvalue weighted by molar-refractivity contribution is 0.246. The lowest BCUT2D eigenvalue weighted by Crippen LogP contribution is -2.38. The van der Waals surface area contributed by atoms with E-state index in [0.29, 0.717) is 18.7 Å². The summed E-state index contributed by atoms with van der Waals surface area (Å²) < 4.78 is 0. The van der Waals surface area contributed by atoms with Crippen LogP contribution in [0.15, 0.2) is 0 Å². The molecule has 1 aliphatic carbocycles. The van der Waals surface area contributed by atoms with Crippen LogP contribution in [-0.4, -0.2) is 23.8 Å². The molecule has 1 rings (SSSR count). The summed E-state index contributed by atoms with van der Waals surface area (Å²) in [4.78, 5) is 0. The number of aliphatic hydroxyl groups excluding tert-OH is 1. The zero-order valence-corrected chi connectivity index (χ0v) is 10.5. The average Bonchev–Trinajstić information content (AvgIpc) is 2.97. The number of hydrogen-bond acceptors (Lipinski definition) is 2. The van der Waals surface area contributed by atoms with Gasteiger partial charge in [0, 0.05) is 18.7 Å². The SMILES string of the molecule is CC(C)CCC(C)NC(CCO)C1CC1. The molecule has 1 saturated carbocycles. The molecule has 2 heteroatoms. The molecule has 0 aromatic rings. The molecule has 2 nitrogen and oxygen atoms in total. The largest absolute Gasteiger partial charge is 0.396 e. The van der Waals surface area contributed by atoms with Crippen molar-refractivity contribution in [2.45, 2.75) is 65.0 Å². The Labute approximate surface area is 94.5 Å². The molecule has 0 aromatic heterocycles. The third-order valence-electron chi connectivity index (χ3n) is 3.31. The van der Waals surface area contributed by atoms with Crippen LogP contribution in [0.1, 0.15) is 52.9 Å². The summed E-state index contributed by atoms with van der Waals surface area (Å²) in [6, 6.07) is 1.17. The van der Waals surface area contributed by atoms with E-state index in [4.69, 9.17) is 5.11 Å². The monoisotopic (exact) mass is 213 g/mol. The fourth-order valence-corrected chi connectivity index (χ4v) is 2.12. The molecule has 1 fully saturated rings. The van der Waals surface area contributed by atoms with Crippen LogP contribution in [0.4, 0.5) is 0 Å². The maximum Gasteiger partial charge on any atom is 0.0445 e. The van der Waals surface area contributed by atoms with Crippen LogP contribution in [0, 0.1) is 11.8 Å². The highest BCUT2D eigenvalue weighted by Gasteiger charge is 2.31. The normalized spacial score (nSPS) is 20.6. The first-order valence-electron chi connectivity index (χ1n) is 6.50. The summed E-state index contributed by atoms with van der Waals surface area (Å²) >= 11 is 0. The Hall–Kier alpha value is -0.0800. The van der Waals surface area contributed by atoms with Crippen LogP contribution in [0.2, 0.25) is 0 Å². The van der Waals surface area contributed by atoms with Gasteiger partial charge in [-0.2, -0.15) is 0 Å². The van der Waals surface area contributed by atoms with Gasteiger partial charge in [0.05, 0.1) is 0 Å². The number of rotatable bonds is 8. The third kappa shape index (κ3) is 5.53. The Morgan fingerprint density at radius 3 is 2.27 bits per heavy atom. The van der Waals surface area contributed by atoms with Gasteiger partial charge >= 0.3 is 0 Å². The molecule has 1 aliphatic rings. The molecule has 2 N–H and O–H groups in total. The smallest absolute Gasteiger partial charge is 0.0445 e. The predicted molar refractivity (Wildman–Crippen MR) is 64.9 cm³/mol. The van der Waals surface area contributed by atoms with Crippen LogP contribution in [0.3, 0.4) is 0 Å². The molecule has 0 radical (unpaired) electrons. The van der Waals surface area contributed by atoms with E-state index in [0.717, 1.165) is 18.3 Å². The molecule has 15 heavy (non-hydrogen) atoms. The first-order valence-corrected chi connectivity index (χ1v) is 6.50. The summed E-state index contributed by atoms with van der Waals surface area (Å²) in [6.07, 6.45) is 6.19. The quantitative estimate of drug-likeness (QED) is 0.649. The standard InChI is InChI=1S/C13H27NO/c1-10(2)4-5-11(3)14-13(8-9-15)12-6-7-12/h10-15H,4-9H2,1-3H3. The number of aliphatic hydroxyl groups is 1. The van der Waals surface area contributed by atoms with Crippen LogP contribution in [0.5, 0.6) is 0 Å². The Balaban J connectivity index is 2.17. The maximum atomic E-state index is 9.00. The summed E-state index contributed by atoms with van der Waals surface area (Å²) in [5.74, 6) is 1.64. The van der Waals surface area contributed by atoms with Crippen molar-refractivity contribution in [3.63, 3.8) is 0 Å². The first kappa shape index (κ1) is 13.0. The van der Waals surface area contributed by atoms with E-state index in [9.17, 15) is 0 Å². The van der Waals surface area contributed by atoms with Crippen molar-refractivity contribution < 1.29 is 5.11 Å². The van der Waals surface area contributed by atoms with Crippen molar-refractivity contribution in [2.75, 3.05) is 6.61 Å². The highest BCUT2D eigenvalue weighted by molar-refractivity contribution is 4.87. The zero-order valence-electron chi connectivity index (χ0n) is 10.5. The Bertz CT molecular complexity index is 166. The van der Waals surface area contributed by atoms with Gasteiger partial charge in [0.15, 0.2) is 0 Å². The topological polar surface area (TPSA) is 32.3 Å². The second-order valence-corrected chi connectivity index (χ2v) is 5.50. The number of hydrogen-bond donors (Lipinski definition) is 2. The number of nitrogens with one attached hydrogen (secondary N) is 1. The van der Waals surface area contributed by atoms with Crippen LogP contribution < -0.4 is 5.32 Å². The van der Waals surface area contributed by atoms with Gasteiger partial charge in [0.1, 0.15) is 0 Å². The molecule has 2 atom stereocenters. The summed E-state index contributed by atoms with van der Waals surface area (Å²) in [5.41, 5.74) is 0. The average molecular weight is 213 g/mol. The van der Waals surface area contributed by atoms with Gasteiger partial charge in [-0.25, -0.2) is 0 Å². The van der Waals surface area contributed by atoms with Crippen molar-refractivity contribution in [2.24, 2.45) is 11.8 Å². The Morgan fingerprint density at radius 1 is 1.13 bits per heavy atom. The van der Waals surface area contributed by atoms with Crippen molar-refractivity contribution in [1.82, 2.24) is 5.32 Å². The minimum atomic E-state index is 0.324. The summed E-state index contributed by atoms with van der Waals surface area (Å²) in [6.45, 7) is 7.15. The zero-order chi connectivity index (χ0) is 11.3. The van der Waals surface area contributed by atoms with Gasteiger partial charge in [-0.1, -0.05) is 13.8 Å². The molecule has 0 heterocycles. The molecule has 0 aliphatic heterocycles. The third-order valence-corrected chi connectivity index (χ3v) is 3.31. The molecule has 0 amide bonds. The highest BCUT2D eigenvalue weighted by atomic mass is 16.3. The lowest BCUT2D eigenvalue weighted by atomic mass is 10.0. The molecule has 0 saturated heterocycles. The van der Waals surface area contributed by atoms with Crippen LogP contribution >= 0.6 is 0 Å². The van der Waals surface area contributed by atoms with E-state index in [2.05, 4.69) is 26.1 Å². The van der Waals surface area contributed by atoms with Crippen molar-refractivity contribution in [3.05, 3.63) is 0 Å². The Kier molecular flexibility index (Phi) is 5.62. The summed E-state index contributed by atoms with van der Waals surface area (Å²) in [7, 11) is 0. The van der Waals surface area contributed by atoms with Crippen molar-refractivity contribution >= 4 is 0 Å². The van der Waals surface area contributed by atoms with Gasteiger partial charge in [0.25, 0.3) is 0 Å². The van der Waals surface area contributed by atoms with Crippen LogP contribution in [0.25, 0.3) is 0 Å². The highest BCUT2D eigenvalue weighted by Crippen LogP contribution is 2.34. The molecular formula is C13H27NO. The predicted octanol–water partition coefficient (Wildman–Crippen LogP) is 2.56. The van der Waals surface area contributed by atoms with E-state index in [1.165, 1.54) is 25.7 Å². The van der Waals surface area contributed by atoms with Gasteiger partial charge in [-0.3, -0.25) is 0 Å². The van der Waals surface area contributed by atoms with E-state index < -0.39 is 0 Å². The lowest BCUT2D eigenvalue weighted by Gasteiger charge is -2.23. The minimum Gasteiger partial charge on any atom is -0.396 e. The van der Waals surface area contributed by atoms with E-state index in [-0.39, 0.29) is 0 Å². The summed E-state index contributed by atoms with van der Waals surface area (Å²) in [5, 5.41) is 12.7. The minimum absolute atomic E-state index is 0.324. The molecule has 0 bridgehead atoms. The van der Waals surface area contributed by atoms with E-state index >= 15 is 0 Å². The van der Waals surface area contributed by atoms with Gasteiger partial charge in [-0.05, 0) is 50.9 Å². The van der Waals surface area contributed by atoms with Crippen LogP contribution in [-0.2, 0) is 0 Å². The molecule has 0 aromatic carbocycles. The van der Waals surface area contributed by atoms with Crippen molar-refractivity contribution in [1.29, 1.82) is 0 Å². The molecule has 2 unspecified atom stereocenters. The second-order valence-electron chi connectivity index (χ2n) is 5.50. The molecular weight excluding hydrogens is 186 g/mol. The fourth-order valence-electron chi connectivity index (χ4n) is 2.12. The van der Waals surface area contributed by atoms with Gasteiger partial charge in [0.2, 0.25) is 0 Å². The molecule has 90 valence electrons. The van der Waals surface area contributed by atoms with E-state index in [1.807, 2.05) is 0 Å². The maximum absolute atomic E-state index is 9.00. The Morgan fingerprint density at radius 2 is 1.80 bits per heavy atom. The van der Waals surface area contributed by atoms with Gasteiger partial charge in [-0.15, -0.1) is 0 Å². The van der Waals surface area contributed by atoms with E-state index in [1.54, 1.807) is 0 Å². The van der Waals surface area contributed by atoms with Crippen molar-refractivity contribution in [3.8, 4) is 0 Å². The fraction of sp³-hybridized carbons (Fsp3) is 1.00.